The lowest BCUT2D eigenvalue weighted by Gasteiger charge is -2.44. The Bertz CT molecular complexity index is 1640. The average Bonchev–Trinajstić information content (AvgIpc) is 3.39. The molecule has 4 nitrogen and oxygen atoms in total. The summed E-state index contributed by atoms with van der Waals surface area (Å²) in [5, 5.41) is 0.999. The fourth-order valence-corrected chi connectivity index (χ4v) is 7.43. The largest absolute Gasteiger partial charge is 0.424 e. The molecule has 1 fully saturated rings. The summed E-state index contributed by atoms with van der Waals surface area (Å²) >= 11 is 0. The molecule has 0 amide bonds. The van der Waals surface area contributed by atoms with Gasteiger partial charge in [0.25, 0.3) is 0 Å². The Balaban J connectivity index is 1.50. The highest BCUT2D eigenvalue weighted by molar-refractivity contribution is 7.42. The zero-order chi connectivity index (χ0) is 26.8. The number of aromatic nitrogens is 1. The maximum atomic E-state index is 7.23. The van der Waals surface area contributed by atoms with Crippen molar-refractivity contribution >= 4 is 19.5 Å². The van der Waals surface area contributed by atoms with Gasteiger partial charge in [-0.3, -0.25) is 14.0 Å². The second kappa shape index (κ2) is 10.5. The number of hydrogen-bond donors (Lipinski definition) is 0. The molecule has 7 rings (SSSR count). The Labute approximate surface area is 235 Å². The van der Waals surface area contributed by atoms with E-state index in [0.717, 1.165) is 46.0 Å². The van der Waals surface area contributed by atoms with Crippen molar-refractivity contribution in [2.45, 2.75) is 24.0 Å². The fraction of sp³-hybridized carbons (Fsp3) is 0.114. The Kier molecular flexibility index (Phi) is 6.53. The molecule has 2 atom stereocenters. The number of para-hydroxylation sites is 1. The Hall–Kier alpha value is -4.08. The van der Waals surface area contributed by atoms with Crippen LogP contribution in [0.3, 0.4) is 0 Å². The topological polar surface area (TPSA) is 40.6 Å². The summed E-state index contributed by atoms with van der Waals surface area (Å²) in [6, 6.07) is 41.1. The molecule has 4 aromatic carbocycles. The number of hydrogen-bond acceptors (Lipinski definition) is 4. The molecule has 0 radical (unpaired) electrons. The minimum absolute atomic E-state index is 0.635. The predicted octanol–water partition coefficient (Wildman–Crippen LogP) is 9.00. The van der Waals surface area contributed by atoms with Crippen LogP contribution in [-0.2, 0) is 20.2 Å². The van der Waals surface area contributed by atoms with Crippen LogP contribution in [0.5, 0.6) is 5.75 Å². The first-order chi connectivity index (χ1) is 19.8. The van der Waals surface area contributed by atoms with Crippen molar-refractivity contribution < 1.29 is 13.6 Å². The zero-order valence-electron chi connectivity index (χ0n) is 21.9. The van der Waals surface area contributed by atoms with Gasteiger partial charge in [0.1, 0.15) is 5.52 Å². The van der Waals surface area contributed by atoms with Gasteiger partial charge in [0.15, 0.2) is 17.0 Å². The summed E-state index contributed by atoms with van der Waals surface area (Å²) in [4.78, 5) is 4.61. The molecule has 196 valence electrons. The molecule has 40 heavy (non-hydrogen) atoms. The summed E-state index contributed by atoms with van der Waals surface area (Å²) in [6.07, 6.45) is 10.4. The van der Waals surface area contributed by atoms with Crippen LogP contribution in [0.15, 0.2) is 151 Å². The van der Waals surface area contributed by atoms with Crippen molar-refractivity contribution in [2.24, 2.45) is 0 Å². The number of nitrogens with zero attached hydrogens (tertiary/aromatic N) is 1. The molecule has 0 saturated carbocycles. The fourth-order valence-electron chi connectivity index (χ4n) is 5.89. The minimum atomic E-state index is -1.88. The number of rotatable bonds is 6. The summed E-state index contributed by atoms with van der Waals surface area (Å²) in [5.41, 5.74) is 2.78. The first-order valence-corrected chi connectivity index (χ1v) is 14.6. The first kappa shape index (κ1) is 24.9. The van der Waals surface area contributed by atoms with Gasteiger partial charge in [-0.05, 0) is 47.2 Å². The summed E-state index contributed by atoms with van der Waals surface area (Å²) in [5.74, 6) is 0.635. The van der Waals surface area contributed by atoms with Crippen LogP contribution in [0, 0.1) is 0 Å². The van der Waals surface area contributed by atoms with E-state index in [1.807, 2.05) is 48.5 Å². The van der Waals surface area contributed by atoms with Crippen molar-refractivity contribution in [3.8, 4) is 5.75 Å². The monoisotopic (exact) mass is 541 g/mol. The third kappa shape index (κ3) is 4.00. The van der Waals surface area contributed by atoms with Gasteiger partial charge in [-0.25, -0.2) is 0 Å². The molecule has 0 spiro atoms. The van der Waals surface area contributed by atoms with Crippen LogP contribution in [-0.4, -0.2) is 4.98 Å². The van der Waals surface area contributed by atoms with Gasteiger partial charge < -0.3 is 4.52 Å². The second-order valence-corrected chi connectivity index (χ2v) is 10.9. The maximum Gasteiger partial charge on any atom is 0.400 e. The summed E-state index contributed by atoms with van der Waals surface area (Å²) in [6.45, 7) is 0. The number of fused-ring (bicyclic) bond motifs is 1. The van der Waals surface area contributed by atoms with Crippen LogP contribution >= 0.6 is 8.60 Å². The highest BCUT2D eigenvalue weighted by Crippen LogP contribution is 2.70. The van der Waals surface area contributed by atoms with Crippen LogP contribution in [0.25, 0.3) is 10.9 Å². The van der Waals surface area contributed by atoms with Crippen LogP contribution in [0.4, 0.5) is 0 Å². The smallest absolute Gasteiger partial charge is 0.400 e. The van der Waals surface area contributed by atoms with E-state index in [9.17, 15) is 0 Å². The molecule has 2 heterocycles. The molecule has 1 aliphatic carbocycles. The van der Waals surface area contributed by atoms with Crippen LogP contribution < -0.4 is 4.52 Å². The molecule has 5 aromatic rings. The van der Waals surface area contributed by atoms with Gasteiger partial charge in [-0.15, -0.1) is 0 Å². The van der Waals surface area contributed by atoms with Gasteiger partial charge >= 0.3 is 8.60 Å². The van der Waals surface area contributed by atoms with E-state index < -0.39 is 19.8 Å². The molecule has 1 aliphatic heterocycles. The number of allylic oxidation sites excluding steroid dienone is 2. The van der Waals surface area contributed by atoms with Crippen LogP contribution in [0.2, 0.25) is 0 Å². The Morgan fingerprint density at radius 2 is 1.23 bits per heavy atom. The van der Waals surface area contributed by atoms with E-state index in [1.165, 1.54) is 0 Å². The van der Waals surface area contributed by atoms with Crippen molar-refractivity contribution in [2.75, 3.05) is 0 Å². The highest BCUT2D eigenvalue weighted by atomic mass is 31.2. The normalized spacial score (nSPS) is 21.7. The second-order valence-electron chi connectivity index (χ2n) is 9.93. The van der Waals surface area contributed by atoms with E-state index in [0.29, 0.717) is 5.75 Å². The van der Waals surface area contributed by atoms with Crippen molar-refractivity contribution in [3.05, 3.63) is 168 Å². The standard InChI is InChI=1S/C35H28NO3P/c1-5-17-28(18-6-1)34(29-19-7-2-8-20-29)35(30-21-9-3-10-22-30,31-23-11-4-12-24-31)39-40(38-34)37-32-25-13-15-27-16-14-26-36-33(27)32/h1-3,5-11,13-26H,4,12H2. The van der Waals surface area contributed by atoms with Gasteiger partial charge in [0.2, 0.25) is 0 Å². The first-order valence-electron chi connectivity index (χ1n) is 13.6. The minimum Gasteiger partial charge on any atom is -0.424 e. The average molecular weight is 542 g/mol. The lowest BCUT2D eigenvalue weighted by atomic mass is 9.65. The molecule has 5 heteroatoms. The van der Waals surface area contributed by atoms with E-state index in [4.69, 9.17) is 13.6 Å². The Morgan fingerprint density at radius 1 is 0.625 bits per heavy atom. The molecule has 2 unspecified atom stereocenters. The molecule has 0 bridgehead atoms. The molecular formula is C35H28NO3P. The molecule has 1 aromatic heterocycles. The van der Waals surface area contributed by atoms with E-state index in [-0.39, 0.29) is 0 Å². The zero-order valence-corrected chi connectivity index (χ0v) is 22.8. The summed E-state index contributed by atoms with van der Waals surface area (Å²) in [7, 11) is -1.88. The van der Waals surface area contributed by atoms with Gasteiger partial charge in [-0.1, -0.05) is 127 Å². The van der Waals surface area contributed by atoms with Gasteiger partial charge in [-0.2, -0.15) is 0 Å². The predicted molar refractivity (Wildman–Crippen MR) is 160 cm³/mol. The molecule has 1 saturated heterocycles. The lowest BCUT2D eigenvalue weighted by Crippen LogP contribution is -2.49. The highest BCUT2D eigenvalue weighted by Gasteiger charge is 2.67. The third-order valence-corrected chi connectivity index (χ3v) is 8.82. The van der Waals surface area contributed by atoms with Crippen molar-refractivity contribution in [3.63, 3.8) is 0 Å². The van der Waals surface area contributed by atoms with E-state index in [2.05, 4.69) is 96.0 Å². The quantitative estimate of drug-likeness (QED) is 0.201. The van der Waals surface area contributed by atoms with E-state index >= 15 is 0 Å². The molecular weight excluding hydrogens is 513 g/mol. The van der Waals surface area contributed by atoms with Crippen molar-refractivity contribution in [1.82, 2.24) is 4.98 Å². The van der Waals surface area contributed by atoms with Crippen molar-refractivity contribution in [1.29, 1.82) is 0 Å². The third-order valence-electron chi connectivity index (χ3n) is 7.63. The molecule has 0 N–H and O–H groups in total. The Morgan fingerprint density at radius 3 is 1.85 bits per heavy atom. The van der Waals surface area contributed by atoms with Gasteiger partial charge in [0, 0.05) is 11.6 Å². The van der Waals surface area contributed by atoms with E-state index in [1.54, 1.807) is 6.20 Å². The van der Waals surface area contributed by atoms with Crippen LogP contribution in [0.1, 0.15) is 29.5 Å². The summed E-state index contributed by atoms with van der Waals surface area (Å²) < 4.78 is 21.1. The maximum absolute atomic E-state index is 7.23. The number of benzene rings is 4. The number of pyridine rings is 1. The van der Waals surface area contributed by atoms with Gasteiger partial charge in [0.05, 0.1) is 0 Å². The lowest BCUT2D eigenvalue weighted by molar-refractivity contribution is 0.00270. The SMILES string of the molecule is C1=CC(C2(c3ccccc3)OP(Oc3cccc4cccnc34)OC2(c2ccccc2)c2ccccc2)=CCC1. The molecule has 2 aliphatic rings.